The van der Waals surface area contributed by atoms with Gasteiger partial charge in [0.2, 0.25) is 0 Å². The Kier molecular flexibility index (Phi) is 3.66. The van der Waals surface area contributed by atoms with E-state index in [1.54, 1.807) is 12.1 Å². The number of ether oxygens (including phenoxy) is 1. The molecule has 0 saturated carbocycles. The van der Waals surface area contributed by atoms with Crippen LogP contribution in [0.2, 0.25) is 0 Å². The highest BCUT2D eigenvalue weighted by Gasteiger charge is 2.28. The molecule has 3 rings (SSSR count). The molecule has 0 saturated heterocycles. The number of hydrogen-bond donors (Lipinski definition) is 1. The van der Waals surface area contributed by atoms with Crippen molar-refractivity contribution in [1.29, 1.82) is 0 Å². The predicted molar refractivity (Wildman–Crippen MR) is 81.6 cm³/mol. The maximum absolute atomic E-state index is 13.9. The molecule has 20 heavy (non-hydrogen) atoms. The molecule has 1 heterocycles. The average molecular weight is 336 g/mol. The summed E-state index contributed by atoms with van der Waals surface area (Å²) in [6, 6.07) is 12.9. The zero-order chi connectivity index (χ0) is 14.1. The van der Waals surface area contributed by atoms with E-state index < -0.39 is 0 Å². The summed E-state index contributed by atoms with van der Waals surface area (Å²) in [7, 11) is 0. The molecule has 0 aromatic heterocycles. The zero-order valence-electron chi connectivity index (χ0n) is 11.1. The van der Waals surface area contributed by atoms with E-state index >= 15 is 0 Å². The molecular formula is C16H15BrFNO. The maximum atomic E-state index is 13.9. The van der Waals surface area contributed by atoms with Gasteiger partial charge in [-0.3, -0.25) is 0 Å². The number of benzene rings is 2. The minimum Gasteiger partial charge on any atom is -0.493 e. The molecule has 2 nitrogen and oxygen atoms in total. The summed E-state index contributed by atoms with van der Waals surface area (Å²) in [6.07, 6.45) is 0. The van der Waals surface area contributed by atoms with Gasteiger partial charge in [0.05, 0.1) is 18.3 Å². The number of anilines is 1. The van der Waals surface area contributed by atoms with Gasteiger partial charge in [0.15, 0.2) is 0 Å². The van der Waals surface area contributed by atoms with Crippen LogP contribution in [0.25, 0.3) is 0 Å². The number of halogens is 2. The van der Waals surface area contributed by atoms with E-state index in [0.717, 1.165) is 15.8 Å². The van der Waals surface area contributed by atoms with Gasteiger partial charge >= 0.3 is 0 Å². The van der Waals surface area contributed by atoms with Gasteiger partial charge in [-0.2, -0.15) is 0 Å². The average Bonchev–Trinajstić information content (AvgIpc) is 2.46. The molecule has 1 N–H and O–H groups in total. The number of hydrogen-bond acceptors (Lipinski definition) is 2. The third-order valence-corrected chi connectivity index (χ3v) is 4.06. The van der Waals surface area contributed by atoms with Crippen LogP contribution in [0.3, 0.4) is 0 Å². The highest BCUT2D eigenvalue weighted by molar-refractivity contribution is 9.10. The van der Waals surface area contributed by atoms with Crippen LogP contribution in [0.5, 0.6) is 5.75 Å². The van der Waals surface area contributed by atoms with E-state index in [-0.39, 0.29) is 17.8 Å². The Labute approximate surface area is 126 Å². The van der Waals surface area contributed by atoms with Gasteiger partial charge in [0, 0.05) is 16.0 Å². The minimum atomic E-state index is -0.246. The summed E-state index contributed by atoms with van der Waals surface area (Å²) in [5, 5.41) is 3.31. The second-order valence-electron chi connectivity index (χ2n) is 5.07. The Hall–Kier alpha value is -1.55. The zero-order valence-corrected chi connectivity index (χ0v) is 12.7. The van der Waals surface area contributed by atoms with Crippen molar-refractivity contribution in [2.75, 3.05) is 11.9 Å². The quantitative estimate of drug-likeness (QED) is 0.853. The first-order chi connectivity index (χ1) is 9.65. The van der Waals surface area contributed by atoms with Gasteiger partial charge in [-0.1, -0.05) is 41.1 Å². The Bertz CT molecular complexity index is 632. The fraction of sp³-hybridized carbons (Fsp3) is 0.250. The van der Waals surface area contributed by atoms with Gasteiger partial charge in [-0.15, -0.1) is 0 Å². The topological polar surface area (TPSA) is 21.3 Å². The molecule has 2 atom stereocenters. The van der Waals surface area contributed by atoms with E-state index in [1.165, 1.54) is 6.07 Å². The SMILES string of the molecule is CC1COc2ccccc2C1Nc1cc(Br)ccc1F. The van der Waals surface area contributed by atoms with Crippen LogP contribution < -0.4 is 10.1 Å². The fourth-order valence-electron chi connectivity index (χ4n) is 2.49. The van der Waals surface area contributed by atoms with E-state index in [0.29, 0.717) is 12.3 Å². The summed E-state index contributed by atoms with van der Waals surface area (Å²) in [5.74, 6) is 0.895. The van der Waals surface area contributed by atoms with Crippen molar-refractivity contribution < 1.29 is 9.13 Å². The summed E-state index contributed by atoms with van der Waals surface area (Å²) >= 11 is 3.38. The van der Waals surface area contributed by atoms with Crippen LogP contribution in [-0.2, 0) is 0 Å². The first-order valence-electron chi connectivity index (χ1n) is 6.58. The van der Waals surface area contributed by atoms with Crippen LogP contribution in [0.15, 0.2) is 46.9 Å². The fourth-order valence-corrected chi connectivity index (χ4v) is 2.85. The van der Waals surface area contributed by atoms with Crippen molar-refractivity contribution in [2.45, 2.75) is 13.0 Å². The van der Waals surface area contributed by atoms with Crippen molar-refractivity contribution in [1.82, 2.24) is 0 Å². The minimum absolute atomic E-state index is 0.0451. The summed E-state index contributed by atoms with van der Waals surface area (Å²) < 4.78 is 20.5. The molecule has 0 amide bonds. The third kappa shape index (κ3) is 2.52. The molecule has 2 aromatic rings. The van der Waals surface area contributed by atoms with Crippen LogP contribution in [0, 0.1) is 11.7 Å². The van der Waals surface area contributed by atoms with E-state index in [4.69, 9.17) is 4.74 Å². The number of nitrogens with one attached hydrogen (secondary N) is 1. The summed E-state index contributed by atoms with van der Waals surface area (Å²) in [6.45, 7) is 2.73. The molecule has 0 aliphatic carbocycles. The molecule has 0 spiro atoms. The highest BCUT2D eigenvalue weighted by Crippen LogP contribution is 2.38. The monoisotopic (exact) mass is 335 g/mol. The van der Waals surface area contributed by atoms with E-state index in [2.05, 4.69) is 28.2 Å². The van der Waals surface area contributed by atoms with Crippen LogP contribution in [0.4, 0.5) is 10.1 Å². The maximum Gasteiger partial charge on any atom is 0.146 e. The van der Waals surface area contributed by atoms with Crippen molar-refractivity contribution in [3.05, 3.63) is 58.3 Å². The van der Waals surface area contributed by atoms with Crippen molar-refractivity contribution in [3.8, 4) is 5.75 Å². The van der Waals surface area contributed by atoms with Gasteiger partial charge in [0.1, 0.15) is 11.6 Å². The summed E-state index contributed by atoms with van der Waals surface area (Å²) in [4.78, 5) is 0. The van der Waals surface area contributed by atoms with Gasteiger partial charge in [-0.25, -0.2) is 4.39 Å². The van der Waals surface area contributed by atoms with Crippen LogP contribution in [-0.4, -0.2) is 6.61 Å². The Morgan fingerprint density at radius 2 is 2.05 bits per heavy atom. The lowest BCUT2D eigenvalue weighted by Crippen LogP contribution is -2.29. The molecule has 0 bridgehead atoms. The highest BCUT2D eigenvalue weighted by atomic mass is 79.9. The standard InChI is InChI=1S/C16H15BrFNO/c1-10-9-20-15-5-3-2-4-12(15)16(10)19-14-8-11(17)6-7-13(14)18/h2-8,10,16,19H,9H2,1H3. The molecular weight excluding hydrogens is 321 g/mol. The van der Waals surface area contributed by atoms with Crippen molar-refractivity contribution >= 4 is 21.6 Å². The molecule has 2 unspecified atom stereocenters. The molecule has 0 radical (unpaired) electrons. The third-order valence-electron chi connectivity index (χ3n) is 3.56. The molecule has 104 valence electrons. The normalized spacial score (nSPS) is 20.9. The van der Waals surface area contributed by atoms with Gasteiger partial charge in [-0.05, 0) is 24.3 Å². The first kappa shape index (κ1) is 13.4. The lowest BCUT2D eigenvalue weighted by Gasteiger charge is -2.32. The second-order valence-corrected chi connectivity index (χ2v) is 5.99. The molecule has 1 aliphatic heterocycles. The molecule has 2 aromatic carbocycles. The second kappa shape index (κ2) is 5.44. The van der Waals surface area contributed by atoms with E-state index in [9.17, 15) is 4.39 Å². The van der Waals surface area contributed by atoms with E-state index in [1.807, 2.05) is 24.3 Å². The Morgan fingerprint density at radius 1 is 1.25 bits per heavy atom. The first-order valence-corrected chi connectivity index (χ1v) is 7.38. The Balaban J connectivity index is 1.95. The number of fused-ring (bicyclic) bond motifs is 1. The number of para-hydroxylation sites is 1. The lowest BCUT2D eigenvalue weighted by atomic mass is 9.92. The summed E-state index contributed by atoms with van der Waals surface area (Å²) in [5.41, 5.74) is 1.58. The largest absolute Gasteiger partial charge is 0.493 e. The van der Waals surface area contributed by atoms with Crippen LogP contribution in [0.1, 0.15) is 18.5 Å². The van der Waals surface area contributed by atoms with Gasteiger partial charge in [0.25, 0.3) is 0 Å². The number of rotatable bonds is 2. The predicted octanol–water partition coefficient (Wildman–Crippen LogP) is 4.77. The molecule has 1 aliphatic rings. The van der Waals surface area contributed by atoms with Gasteiger partial charge < -0.3 is 10.1 Å². The smallest absolute Gasteiger partial charge is 0.146 e. The molecule has 4 heteroatoms. The Morgan fingerprint density at radius 3 is 2.90 bits per heavy atom. The lowest BCUT2D eigenvalue weighted by molar-refractivity contribution is 0.214. The molecule has 0 fully saturated rings. The van der Waals surface area contributed by atoms with Crippen LogP contribution >= 0.6 is 15.9 Å². The van der Waals surface area contributed by atoms with Crippen molar-refractivity contribution in [2.24, 2.45) is 5.92 Å². The van der Waals surface area contributed by atoms with Crippen molar-refractivity contribution in [3.63, 3.8) is 0 Å².